The number of nitrogens with one attached hydrogen (secondary N) is 1. The van der Waals surface area contributed by atoms with Gasteiger partial charge in [0.1, 0.15) is 17.1 Å². The lowest BCUT2D eigenvalue weighted by atomic mass is 10.1. The molecule has 1 aromatic heterocycles. The van der Waals surface area contributed by atoms with Gasteiger partial charge in [0.05, 0.1) is 32.5 Å². The fourth-order valence-corrected chi connectivity index (χ4v) is 3.58. The molecule has 162 valence electrons. The van der Waals surface area contributed by atoms with E-state index in [0.717, 1.165) is 16.0 Å². The first-order chi connectivity index (χ1) is 14.5. The fraction of sp³-hybridized carbons (Fsp3) is 0.450. The number of anilines is 2. The van der Waals surface area contributed by atoms with Crippen LogP contribution in [0.4, 0.5) is 11.5 Å². The number of Topliss-reactive ketones (excluding diaryl/α,β-unsaturated/α-hetero) is 1. The van der Waals surface area contributed by atoms with Gasteiger partial charge in [0.15, 0.2) is 5.78 Å². The van der Waals surface area contributed by atoms with Crippen molar-refractivity contribution in [2.75, 3.05) is 64.2 Å². The van der Waals surface area contributed by atoms with Crippen molar-refractivity contribution in [3.8, 4) is 5.75 Å². The molecule has 0 radical (unpaired) electrons. The van der Waals surface area contributed by atoms with Crippen LogP contribution in [0, 0.1) is 0 Å². The molecule has 0 bridgehead atoms. The molecule has 0 amide bonds. The fourth-order valence-electron chi connectivity index (χ4n) is 3.58. The number of nitrogen functional groups attached to an aromatic ring is 1. The number of carbonyl (C=O) groups is 1. The van der Waals surface area contributed by atoms with Gasteiger partial charge >= 0.3 is 5.69 Å². The van der Waals surface area contributed by atoms with Crippen molar-refractivity contribution in [3.05, 3.63) is 50.7 Å². The summed E-state index contributed by atoms with van der Waals surface area (Å²) >= 11 is 0. The van der Waals surface area contributed by atoms with Crippen LogP contribution in [-0.2, 0) is 11.3 Å². The number of rotatable bonds is 8. The van der Waals surface area contributed by atoms with E-state index < -0.39 is 17.0 Å². The molecule has 1 saturated heterocycles. The van der Waals surface area contributed by atoms with E-state index >= 15 is 0 Å². The summed E-state index contributed by atoms with van der Waals surface area (Å²) in [6, 6.07) is 7.80. The number of hydrogen-bond donors (Lipinski definition) is 2. The number of aromatic nitrogens is 2. The lowest BCUT2D eigenvalue weighted by molar-refractivity contribution is 0.0924. The summed E-state index contributed by atoms with van der Waals surface area (Å²) in [5.41, 5.74) is 5.40. The highest BCUT2D eigenvalue weighted by Gasteiger charge is 2.25. The van der Waals surface area contributed by atoms with Gasteiger partial charge in [-0.05, 0) is 12.1 Å². The minimum atomic E-state index is -0.760. The summed E-state index contributed by atoms with van der Waals surface area (Å²) in [4.78, 5) is 43.4. The zero-order valence-electron chi connectivity index (χ0n) is 17.2. The smallest absolute Gasteiger partial charge is 0.330 e. The number of carbonyl (C=O) groups excluding carboxylic acids is 1. The van der Waals surface area contributed by atoms with Gasteiger partial charge < -0.3 is 20.1 Å². The maximum absolute atomic E-state index is 12.8. The van der Waals surface area contributed by atoms with Gasteiger partial charge in [-0.1, -0.05) is 12.1 Å². The van der Waals surface area contributed by atoms with Gasteiger partial charge in [-0.3, -0.25) is 24.0 Å². The molecule has 0 spiro atoms. The molecule has 0 unspecified atom stereocenters. The third kappa shape index (κ3) is 4.55. The maximum atomic E-state index is 12.8. The van der Waals surface area contributed by atoms with Crippen molar-refractivity contribution in [2.45, 2.75) is 6.54 Å². The zero-order chi connectivity index (χ0) is 21.7. The SMILES string of the molecule is COCCn1c(N)c(C(=O)CN2CCN(c3ccccc3OC)CC2)c(=O)[nH]c1=O. The van der Waals surface area contributed by atoms with Crippen LogP contribution in [0.3, 0.4) is 0 Å². The maximum Gasteiger partial charge on any atom is 0.330 e. The Hall–Kier alpha value is -3.11. The molecule has 1 aromatic carbocycles. The molecule has 1 aliphatic rings. The quantitative estimate of drug-likeness (QED) is 0.565. The average molecular weight is 417 g/mol. The van der Waals surface area contributed by atoms with Crippen LogP contribution in [0.2, 0.25) is 0 Å². The van der Waals surface area contributed by atoms with Crippen molar-refractivity contribution in [3.63, 3.8) is 0 Å². The van der Waals surface area contributed by atoms with E-state index in [0.29, 0.717) is 26.2 Å². The Morgan fingerprint density at radius 1 is 1.13 bits per heavy atom. The van der Waals surface area contributed by atoms with E-state index in [1.54, 1.807) is 7.11 Å². The van der Waals surface area contributed by atoms with Gasteiger partial charge in [-0.15, -0.1) is 0 Å². The number of nitrogens with zero attached hydrogens (tertiary/aromatic N) is 3. The van der Waals surface area contributed by atoms with Crippen LogP contribution in [0.15, 0.2) is 33.9 Å². The molecular formula is C20H27N5O5. The number of H-pyrrole nitrogens is 1. The molecule has 30 heavy (non-hydrogen) atoms. The highest BCUT2D eigenvalue weighted by Crippen LogP contribution is 2.28. The summed E-state index contributed by atoms with van der Waals surface area (Å²) in [5, 5.41) is 0. The molecule has 2 heterocycles. The van der Waals surface area contributed by atoms with Crippen molar-refractivity contribution in [1.82, 2.24) is 14.5 Å². The second kappa shape index (κ2) is 9.59. The van der Waals surface area contributed by atoms with E-state index in [2.05, 4.69) is 9.88 Å². The Bertz CT molecular complexity index is 1010. The van der Waals surface area contributed by atoms with Gasteiger partial charge in [-0.25, -0.2) is 4.79 Å². The molecule has 1 aliphatic heterocycles. The van der Waals surface area contributed by atoms with Crippen LogP contribution in [0.5, 0.6) is 5.75 Å². The molecular weight excluding hydrogens is 390 g/mol. The number of benzene rings is 1. The third-order valence-corrected chi connectivity index (χ3v) is 5.20. The molecule has 2 aromatic rings. The molecule has 1 fully saturated rings. The van der Waals surface area contributed by atoms with Crippen LogP contribution in [-0.4, -0.2) is 73.8 Å². The van der Waals surface area contributed by atoms with E-state index in [1.165, 1.54) is 7.11 Å². The van der Waals surface area contributed by atoms with Gasteiger partial charge in [0, 0.05) is 33.3 Å². The van der Waals surface area contributed by atoms with E-state index in [9.17, 15) is 14.4 Å². The summed E-state index contributed by atoms with van der Waals surface area (Å²) < 4.78 is 11.5. The highest BCUT2D eigenvalue weighted by atomic mass is 16.5. The number of piperazine rings is 1. The van der Waals surface area contributed by atoms with Crippen molar-refractivity contribution >= 4 is 17.3 Å². The third-order valence-electron chi connectivity index (χ3n) is 5.20. The largest absolute Gasteiger partial charge is 0.495 e. The Morgan fingerprint density at radius 2 is 1.83 bits per heavy atom. The summed E-state index contributed by atoms with van der Waals surface area (Å²) in [6.07, 6.45) is 0. The van der Waals surface area contributed by atoms with Crippen LogP contribution >= 0.6 is 0 Å². The van der Waals surface area contributed by atoms with Gasteiger partial charge in [0.25, 0.3) is 5.56 Å². The molecule has 3 rings (SSSR count). The lowest BCUT2D eigenvalue weighted by Crippen LogP contribution is -2.48. The minimum absolute atomic E-state index is 0.0511. The topological polar surface area (TPSA) is 123 Å². The van der Waals surface area contributed by atoms with Crippen molar-refractivity contribution < 1.29 is 14.3 Å². The molecule has 0 saturated carbocycles. The normalized spacial score (nSPS) is 14.7. The van der Waals surface area contributed by atoms with Gasteiger partial charge in [-0.2, -0.15) is 0 Å². The number of para-hydroxylation sites is 2. The van der Waals surface area contributed by atoms with E-state index in [1.807, 2.05) is 29.2 Å². The first-order valence-electron chi connectivity index (χ1n) is 9.71. The second-order valence-corrected chi connectivity index (χ2v) is 7.02. The molecule has 10 heteroatoms. The Balaban J connectivity index is 1.69. The monoisotopic (exact) mass is 417 g/mol. The van der Waals surface area contributed by atoms with Crippen molar-refractivity contribution in [1.29, 1.82) is 0 Å². The Kier molecular flexibility index (Phi) is 6.91. The first kappa shape index (κ1) is 21.6. The van der Waals surface area contributed by atoms with Crippen molar-refractivity contribution in [2.24, 2.45) is 0 Å². The summed E-state index contributed by atoms with van der Waals surface area (Å²) in [7, 11) is 3.13. The Labute approximate surface area is 173 Å². The predicted molar refractivity (Wildman–Crippen MR) is 114 cm³/mol. The molecule has 0 atom stereocenters. The standard InChI is InChI=1S/C20H27N5O5/c1-29-12-11-25-18(21)17(19(27)22-20(25)28)15(26)13-23-7-9-24(10-8-23)14-5-3-4-6-16(14)30-2/h3-6H,7-13,21H2,1-2H3,(H,22,27,28). The lowest BCUT2D eigenvalue weighted by Gasteiger charge is -2.36. The second-order valence-electron chi connectivity index (χ2n) is 7.02. The van der Waals surface area contributed by atoms with Crippen LogP contribution in [0.1, 0.15) is 10.4 Å². The molecule has 0 aliphatic carbocycles. The Morgan fingerprint density at radius 3 is 2.50 bits per heavy atom. The first-order valence-corrected chi connectivity index (χ1v) is 9.71. The summed E-state index contributed by atoms with van der Waals surface area (Å²) in [5.74, 6) is 0.267. The van der Waals surface area contributed by atoms with E-state index in [-0.39, 0.29) is 31.1 Å². The highest BCUT2D eigenvalue weighted by molar-refractivity contribution is 6.01. The molecule has 10 nitrogen and oxygen atoms in total. The minimum Gasteiger partial charge on any atom is -0.495 e. The zero-order valence-corrected chi connectivity index (χ0v) is 17.2. The van der Waals surface area contributed by atoms with Crippen LogP contribution in [0.25, 0.3) is 0 Å². The number of hydrogen-bond acceptors (Lipinski definition) is 8. The predicted octanol–water partition coefficient (Wildman–Crippen LogP) is -0.221. The molecule has 3 N–H and O–H groups in total. The average Bonchev–Trinajstić information content (AvgIpc) is 2.74. The summed E-state index contributed by atoms with van der Waals surface area (Å²) in [6.45, 7) is 3.15. The number of ketones is 1. The number of ether oxygens (including phenoxy) is 2. The number of aromatic amines is 1. The van der Waals surface area contributed by atoms with Crippen LogP contribution < -0.4 is 26.6 Å². The number of nitrogens with two attached hydrogens (primary N) is 1. The number of methoxy groups -OCH3 is 2. The van der Waals surface area contributed by atoms with Gasteiger partial charge in [0.2, 0.25) is 0 Å². The van der Waals surface area contributed by atoms with E-state index in [4.69, 9.17) is 15.2 Å².